The van der Waals surface area contributed by atoms with Crippen LogP contribution in [-0.4, -0.2) is 25.2 Å². The van der Waals surface area contributed by atoms with Crippen LogP contribution in [0.15, 0.2) is 24.3 Å². The van der Waals surface area contributed by atoms with Gasteiger partial charge >= 0.3 is 6.03 Å². The van der Waals surface area contributed by atoms with Gasteiger partial charge in [0.1, 0.15) is 5.75 Å². The maximum atomic E-state index is 11.1. The lowest BCUT2D eigenvalue weighted by atomic mass is 10.2. The summed E-state index contributed by atoms with van der Waals surface area (Å²) < 4.78 is 5.31. The van der Waals surface area contributed by atoms with E-state index in [1.807, 2.05) is 31.2 Å². The van der Waals surface area contributed by atoms with Crippen LogP contribution in [-0.2, 0) is 0 Å². The number of hydrogen-bond acceptors (Lipinski definition) is 2. The van der Waals surface area contributed by atoms with E-state index in [2.05, 4.69) is 10.6 Å². The van der Waals surface area contributed by atoms with E-state index in [-0.39, 0.29) is 12.8 Å². The van der Waals surface area contributed by atoms with Crippen LogP contribution >= 0.6 is 11.6 Å². The van der Waals surface area contributed by atoms with Crippen molar-refractivity contribution in [1.29, 1.82) is 0 Å². The van der Waals surface area contributed by atoms with E-state index in [9.17, 15) is 4.79 Å². The van der Waals surface area contributed by atoms with Crippen molar-refractivity contribution < 1.29 is 9.53 Å². The van der Waals surface area contributed by atoms with Crippen LogP contribution in [0.2, 0.25) is 0 Å². The summed E-state index contributed by atoms with van der Waals surface area (Å²) in [5, 5.41) is 5.12. The molecule has 0 aliphatic rings. The molecule has 1 rings (SSSR count). The first kappa shape index (κ1) is 12.6. The van der Waals surface area contributed by atoms with Crippen molar-refractivity contribution in [3.8, 4) is 5.75 Å². The normalized spacial score (nSPS) is 9.62. The molecule has 0 aromatic heterocycles. The summed E-state index contributed by atoms with van der Waals surface area (Å²) in [4.78, 5) is 11.1. The Balaban J connectivity index is 2.20. The Morgan fingerprint density at radius 3 is 2.62 bits per heavy atom. The van der Waals surface area contributed by atoms with E-state index < -0.39 is 0 Å². The van der Waals surface area contributed by atoms with Gasteiger partial charge in [0, 0.05) is 12.4 Å². The van der Waals surface area contributed by atoms with Gasteiger partial charge in [0.25, 0.3) is 0 Å². The molecule has 0 spiro atoms. The zero-order valence-electron chi connectivity index (χ0n) is 9.13. The summed E-state index contributed by atoms with van der Waals surface area (Å²) in [6.45, 7) is 2.58. The molecule has 2 amide bonds. The van der Waals surface area contributed by atoms with Gasteiger partial charge in [-0.3, -0.25) is 0 Å². The molecule has 0 unspecified atom stereocenters. The molecule has 0 aliphatic heterocycles. The molecule has 0 saturated heterocycles. The topological polar surface area (TPSA) is 50.4 Å². The first-order valence-corrected chi connectivity index (χ1v) is 5.53. The molecule has 0 aliphatic carbocycles. The first-order valence-electron chi connectivity index (χ1n) is 4.99. The molecule has 2 N–H and O–H groups in total. The van der Waals surface area contributed by atoms with E-state index in [4.69, 9.17) is 16.3 Å². The predicted molar refractivity (Wildman–Crippen MR) is 63.9 cm³/mol. The van der Waals surface area contributed by atoms with Gasteiger partial charge in [-0.2, -0.15) is 0 Å². The standard InChI is InChI=1S/C11H15ClN2O2/c1-9-2-4-10(5-3-9)16-8-14-11(15)13-7-6-12/h2-5H,6-8H2,1H3,(H2,13,14,15). The van der Waals surface area contributed by atoms with Crippen LogP contribution in [0.4, 0.5) is 4.79 Å². The molecule has 0 bridgehead atoms. The average molecular weight is 243 g/mol. The number of carbonyl (C=O) groups is 1. The number of carbonyl (C=O) groups excluding carboxylic acids is 1. The lowest BCUT2D eigenvalue weighted by Crippen LogP contribution is -2.38. The molecule has 5 heteroatoms. The highest BCUT2D eigenvalue weighted by atomic mass is 35.5. The van der Waals surface area contributed by atoms with Crippen LogP contribution in [0.5, 0.6) is 5.75 Å². The molecule has 1 aromatic rings. The summed E-state index contributed by atoms with van der Waals surface area (Å²) in [5.74, 6) is 1.12. The number of aryl methyl sites for hydroxylation is 1. The average Bonchev–Trinajstić information content (AvgIpc) is 2.29. The third-order valence-electron chi connectivity index (χ3n) is 1.87. The van der Waals surface area contributed by atoms with Gasteiger partial charge in [-0.25, -0.2) is 4.79 Å². The molecular weight excluding hydrogens is 228 g/mol. The Morgan fingerprint density at radius 1 is 1.31 bits per heavy atom. The van der Waals surface area contributed by atoms with Crippen molar-refractivity contribution in [3.05, 3.63) is 29.8 Å². The Labute approximate surface area is 99.9 Å². The Hall–Kier alpha value is -1.42. The van der Waals surface area contributed by atoms with E-state index in [1.54, 1.807) is 0 Å². The minimum Gasteiger partial charge on any atom is -0.473 e. The quantitative estimate of drug-likeness (QED) is 0.612. The number of halogens is 1. The summed E-state index contributed by atoms with van der Waals surface area (Å²) in [7, 11) is 0. The van der Waals surface area contributed by atoms with Crippen molar-refractivity contribution in [2.24, 2.45) is 0 Å². The molecule has 88 valence electrons. The Morgan fingerprint density at radius 2 is 2.00 bits per heavy atom. The molecule has 0 radical (unpaired) electrons. The molecular formula is C11H15ClN2O2. The largest absolute Gasteiger partial charge is 0.473 e. The smallest absolute Gasteiger partial charge is 0.317 e. The number of benzene rings is 1. The van der Waals surface area contributed by atoms with Gasteiger partial charge in [0.05, 0.1) is 0 Å². The van der Waals surface area contributed by atoms with Crippen molar-refractivity contribution in [3.63, 3.8) is 0 Å². The maximum absolute atomic E-state index is 11.1. The van der Waals surface area contributed by atoms with Crippen LogP contribution in [0, 0.1) is 6.92 Å². The number of rotatable bonds is 5. The number of urea groups is 1. The Bertz CT molecular complexity index is 327. The molecule has 1 aromatic carbocycles. The summed E-state index contributed by atoms with van der Waals surface area (Å²) in [5.41, 5.74) is 1.17. The number of ether oxygens (including phenoxy) is 1. The number of alkyl halides is 1. The molecule has 0 fully saturated rings. The number of amides is 2. The van der Waals surface area contributed by atoms with E-state index in [0.29, 0.717) is 12.4 Å². The third kappa shape index (κ3) is 4.89. The molecule has 0 saturated carbocycles. The minimum absolute atomic E-state index is 0.136. The number of hydrogen-bond donors (Lipinski definition) is 2. The number of nitrogens with one attached hydrogen (secondary N) is 2. The van der Waals surface area contributed by atoms with Crippen molar-refractivity contribution in [2.45, 2.75) is 6.92 Å². The highest BCUT2D eigenvalue weighted by Gasteiger charge is 1.98. The van der Waals surface area contributed by atoms with E-state index in [1.165, 1.54) is 5.56 Å². The van der Waals surface area contributed by atoms with Crippen molar-refractivity contribution in [1.82, 2.24) is 10.6 Å². The second kappa shape index (κ2) is 6.95. The second-order valence-corrected chi connectivity index (χ2v) is 3.60. The van der Waals surface area contributed by atoms with Gasteiger partial charge in [0.15, 0.2) is 6.73 Å². The van der Waals surface area contributed by atoms with Crippen LogP contribution < -0.4 is 15.4 Å². The fraction of sp³-hybridized carbons (Fsp3) is 0.364. The minimum atomic E-state index is -0.284. The van der Waals surface area contributed by atoms with Gasteiger partial charge < -0.3 is 15.4 Å². The molecule has 0 atom stereocenters. The van der Waals surface area contributed by atoms with Crippen molar-refractivity contribution in [2.75, 3.05) is 19.2 Å². The monoisotopic (exact) mass is 242 g/mol. The maximum Gasteiger partial charge on any atom is 0.317 e. The van der Waals surface area contributed by atoms with Gasteiger partial charge in [-0.1, -0.05) is 17.7 Å². The fourth-order valence-electron chi connectivity index (χ4n) is 1.04. The summed E-state index contributed by atoms with van der Waals surface area (Å²) in [6.07, 6.45) is 0. The molecule has 16 heavy (non-hydrogen) atoms. The fourth-order valence-corrected chi connectivity index (χ4v) is 1.14. The molecule has 4 nitrogen and oxygen atoms in total. The Kier molecular flexibility index (Phi) is 5.50. The lowest BCUT2D eigenvalue weighted by molar-refractivity contribution is 0.224. The summed E-state index contributed by atoms with van der Waals surface area (Å²) in [6, 6.07) is 7.32. The summed E-state index contributed by atoms with van der Waals surface area (Å²) >= 11 is 5.42. The van der Waals surface area contributed by atoms with Gasteiger partial charge in [0.2, 0.25) is 0 Å². The van der Waals surface area contributed by atoms with E-state index >= 15 is 0 Å². The van der Waals surface area contributed by atoms with Gasteiger partial charge in [-0.15, -0.1) is 11.6 Å². The lowest BCUT2D eigenvalue weighted by Gasteiger charge is -2.08. The predicted octanol–water partition coefficient (Wildman–Crippen LogP) is 1.87. The van der Waals surface area contributed by atoms with Crippen LogP contribution in [0.1, 0.15) is 5.56 Å². The highest BCUT2D eigenvalue weighted by molar-refractivity contribution is 6.18. The highest BCUT2D eigenvalue weighted by Crippen LogP contribution is 2.10. The second-order valence-electron chi connectivity index (χ2n) is 3.22. The zero-order chi connectivity index (χ0) is 11.8. The first-order chi connectivity index (χ1) is 7.72. The zero-order valence-corrected chi connectivity index (χ0v) is 9.88. The van der Waals surface area contributed by atoms with Gasteiger partial charge in [-0.05, 0) is 19.1 Å². The van der Waals surface area contributed by atoms with Crippen molar-refractivity contribution >= 4 is 17.6 Å². The van der Waals surface area contributed by atoms with E-state index in [0.717, 1.165) is 5.75 Å². The van der Waals surface area contributed by atoms with Crippen LogP contribution in [0.25, 0.3) is 0 Å². The third-order valence-corrected chi connectivity index (χ3v) is 2.06. The molecule has 0 heterocycles. The SMILES string of the molecule is Cc1ccc(OCNC(=O)NCCCl)cc1. The van der Waals surface area contributed by atoms with Crippen LogP contribution in [0.3, 0.4) is 0 Å².